The Hall–Kier alpha value is -2.18. The van der Waals surface area contributed by atoms with Gasteiger partial charge in [-0.25, -0.2) is 9.97 Å². The second kappa shape index (κ2) is 6.75. The van der Waals surface area contributed by atoms with Crippen LogP contribution in [0, 0.1) is 0 Å². The Bertz CT molecular complexity index is 840. The molecule has 0 unspecified atom stereocenters. The number of nitrogens with one attached hydrogen (secondary N) is 2. The van der Waals surface area contributed by atoms with Crippen molar-refractivity contribution >= 4 is 27.9 Å². The first kappa shape index (κ1) is 15.4. The van der Waals surface area contributed by atoms with E-state index in [9.17, 15) is 0 Å². The highest BCUT2D eigenvalue weighted by atomic mass is 16.5. The van der Waals surface area contributed by atoms with Gasteiger partial charge in [0.25, 0.3) is 0 Å². The first-order valence-corrected chi connectivity index (χ1v) is 8.68. The average Bonchev–Trinajstić information content (AvgIpc) is 3.01. The number of aryl methyl sites for hydroxylation is 1. The molecule has 4 rings (SSSR count). The van der Waals surface area contributed by atoms with Crippen LogP contribution in [0.4, 0.5) is 5.82 Å². The molecule has 1 fully saturated rings. The zero-order chi connectivity index (χ0) is 16.4. The van der Waals surface area contributed by atoms with Gasteiger partial charge in [-0.2, -0.15) is 0 Å². The minimum absolute atomic E-state index is 0.755. The van der Waals surface area contributed by atoms with Crippen molar-refractivity contribution in [2.45, 2.75) is 13.3 Å². The summed E-state index contributed by atoms with van der Waals surface area (Å²) in [6.45, 7) is 7.86. The summed E-state index contributed by atoms with van der Waals surface area (Å²) in [5.41, 5.74) is 2.51. The van der Waals surface area contributed by atoms with Gasteiger partial charge in [-0.3, -0.25) is 0 Å². The lowest BCUT2D eigenvalue weighted by atomic mass is 10.2. The first-order valence-electron chi connectivity index (χ1n) is 8.68. The summed E-state index contributed by atoms with van der Waals surface area (Å²) < 4.78 is 11.4. The molecule has 24 heavy (non-hydrogen) atoms. The van der Waals surface area contributed by atoms with Crippen LogP contribution in [0.1, 0.15) is 12.7 Å². The van der Waals surface area contributed by atoms with Gasteiger partial charge >= 0.3 is 0 Å². The van der Waals surface area contributed by atoms with Crippen molar-refractivity contribution in [3.8, 4) is 0 Å². The normalized spacial score (nSPS) is 16.0. The number of benzene rings is 1. The highest BCUT2D eigenvalue weighted by Gasteiger charge is 2.16. The number of furan rings is 1. The molecule has 6 nitrogen and oxygen atoms in total. The van der Waals surface area contributed by atoms with E-state index >= 15 is 0 Å². The summed E-state index contributed by atoms with van der Waals surface area (Å²) in [6.07, 6.45) is 0.804. The van der Waals surface area contributed by atoms with Gasteiger partial charge in [0.1, 0.15) is 30.0 Å². The molecule has 3 aromatic rings. The quantitative estimate of drug-likeness (QED) is 0.739. The molecule has 0 aliphatic carbocycles. The average molecular weight is 327 g/mol. The highest BCUT2D eigenvalue weighted by molar-refractivity contribution is 6.05. The molecule has 0 bridgehead atoms. The standard InChI is InChI=1S/C18H22N4O2/c1-2-15-20-16-13-5-3-4-6-14(13)24-17(16)18(21-15)19-7-8-22-9-11-23-12-10-22/h3-6H,2,7-12H2,1H3,(H,19,20,21)/p+1. The first-order chi connectivity index (χ1) is 11.8. The number of morpholine rings is 1. The number of quaternary nitrogens is 1. The van der Waals surface area contributed by atoms with E-state index in [2.05, 4.69) is 28.3 Å². The molecule has 3 heterocycles. The van der Waals surface area contributed by atoms with Crippen molar-refractivity contribution in [1.29, 1.82) is 0 Å². The Balaban J connectivity index is 1.61. The van der Waals surface area contributed by atoms with Crippen molar-refractivity contribution in [3.05, 3.63) is 30.1 Å². The molecule has 0 saturated carbocycles. The van der Waals surface area contributed by atoms with Gasteiger partial charge in [0.15, 0.2) is 11.4 Å². The molecule has 1 aliphatic rings. The molecule has 0 atom stereocenters. The van der Waals surface area contributed by atoms with Crippen LogP contribution >= 0.6 is 0 Å². The van der Waals surface area contributed by atoms with Crippen molar-refractivity contribution in [2.75, 3.05) is 44.7 Å². The number of hydrogen-bond acceptors (Lipinski definition) is 5. The number of nitrogens with zero attached hydrogens (tertiary/aromatic N) is 2. The maximum Gasteiger partial charge on any atom is 0.196 e. The smallest absolute Gasteiger partial charge is 0.196 e. The molecule has 2 aromatic heterocycles. The summed E-state index contributed by atoms with van der Waals surface area (Å²) in [6, 6.07) is 8.02. The van der Waals surface area contributed by atoms with Crippen molar-refractivity contribution in [1.82, 2.24) is 9.97 Å². The molecule has 1 aromatic carbocycles. The molecular weight excluding hydrogens is 304 g/mol. The molecular formula is C18H23N4O2+. The fourth-order valence-electron chi connectivity index (χ4n) is 3.18. The van der Waals surface area contributed by atoms with Gasteiger partial charge in [-0.1, -0.05) is 19.1 Å². The maximum atomic E-state index is 6.01. The van der Waals surface area contributed by atoms with Gasteiger partial charge in [0, 0.05) is 11.8 Å². The number of fused-ring (bicyclic) bond motifs is 3. The monoisotopic (exact) mass is 327 g/mol. The highest BCUT2D eigenvalue weighted by Crippen LogP contribution is 2.31. The summed E-state index contributed by atoms with van der Waals surface area (Å²) in [4.78, 5) is 10.9. The van der Waals surface area contributed by atoms with Crippen molar-refractivity contribution in [3.63, 3.8) is 0 Å². The van der Waals surface area contributed by atoms with Gasteiger partial charge in [-0.15, -0.1) is 0 Å². The van der Waals surface area contributed by atoms with E-state index in [0.717, 1.165) is 79.5 Å². The fourth-order valence-corrected chi connectivity index (χ4v) is 3.18. The third-order valence-electron chi connectivity index (χ3n) is 4.55. The molecule has 1 aliphatic heterocycles. The van der Waals surface area contributed by atoms with Gasteiger partial charge in [-0.05, 0) is 12.1 Å². The van der Waals surface area contributed by atoms with E-state index in [1.54, 1.807) is 4.90 Å². The summed E-state index contributed by atoms with van der Waals surface area (Å²) in [5, 5.41) is 4.51. The Labute approximate surface area is 140 Å². The Morgan fingerprint density at radius 2 is 2.00 bits per heavy atom. The predicted octanol–water partition coefficient (Wildman–Crippen LogP) is 1.27. The molecule has 0 spiro atoms. The van der Waals surface area contributed by atoms with E-state index in [4.69, 9.17) is 9.15 Å². The number of ether oxygens (including phenoxy) is 1. The molecule has 0 amide bonds. The fraction of sp³-hybridized carbons (Fsp3) is 0.444. The molecule has 1 saturated heterocycles. The lowest BCUT2D eigenvalue weighted by Crippen LogP contribution is -3.14. The van der Waals surface area contributed by atoms with Crippen molar-refractivity contribution in [2.24, 2.45) is 0 Å². The zero-order valence-electron chi connectivity index (χ0n) is 14.0. The molecule has 0 radical (unpaired) electrons. The summed E-state index contributed by atoms with van der Waals surface area (Å²) in [7, 11) is 0. The van der Waals surface area contributed by atoms with Crippen LogP contribution in [0.5, 0.6) is 0 Å². The van der Waals surface area contributed by atoms with E-state index in [-0.39, 0.29) is 0 Å². The third kappa shape index (κ3) is 2.95. The molecule has 6 heteroatoms. The Morgan fingerprint density at radius 3 is 2.83 bits per heavy atom. The van der Waals surface area contributed by atoms with E-state index in [0.29, 0.717) is 0 Å². The van der Waals surface area contributed by atoms with Crippen LogP contribution < -0.4 is 10.2 Å². The largest absolute Gasteiger partial charge is 0.450 e. The van der Waals surface area contributed by atoms with Crippen LogP contribution in [0.2, 0.25) is 0 Å². The second-order valence-corrected chi connectivity index (χ2v) is 6.16. The van der Waals surface area contributed by atoms with Crippen molar-refractivity contribution < 1.29 is 14.1 Å². The number of anilines is 1. The van der Waals surface area contributed by atoms with Gasteiger partial charge in [0.05, 0.1) is 26.3 Å². The SMILES string of the molecule is CCc1nc(NCC[NH+]2CCOCC2)c2oc3ccccc3c2n1. The lowest BCUT2D eigenvalue weighted by Gasteiger charge is -2.23. The zero-order valence-corrected chi connectivity index (χ0v) is 14.0. The molecule has 2 N–H and O–H groups in total. The minimum Gasteiger partial charge on any atom is -0.450 e. The molecule has 126 valence electrons. The number of hydrogen-bond donors (Lipinski definition) is 2. The van der Waals surface area contributed by atoms with Crippen LogP contribution in [-0.4, -0.2) is 49.4 Å². The number of para-hydroxylation sites is 1. The maximum absolute atomic E-state index is 6.01. The topological polar surface area (TPSA) is 64.6 Å². The van der Waals surface area contributed by atoms with E-state index in [1.165, 1.54) is 0 Å². The Kier molecular flexibility index (Phi) is 4.32. The summed E-state index contributed by atoms with van der Waals surface area (Å²) in [5.74, 6) is 1.65. The van der Waals surface area contributed by atoms with Gasteiger partial charge in [0.2, 0.25) is 0 Å². The lowest BCUT2D eigenvalue weighted by molar-refractivity contribution is -0.906. The van der Waals surface area contributed by atoms with Gasteiger partial charge < -0.3 is 19.4 Å². The predicted molar refractivity (Wildman–Crippen MR) is 93.6 cm³/mol. The van der Waals surface area contributed by atoms with Crippen LogP contribution in [0.15, 0.2) is 28.7 Å². The third-order valence-corrected chi connectivity index (χ3v) is 4.55. The van der Waals surface area contributed by atoms with Crippen LogP contribution in [-0.2, 0) is 11.2 Å². The number of aromatic nitrogens is 2. The summed E-state index contributed by atoms with van der Waals surface area (Å²) >= 11 is 0. The van der Waals surface area contributed by atoms with E-state index in [1.807, 2.05) is 18.2 Å². The van der Waals surface area contributed by atoms with Crippen LogP contribution in [0.25, 0.3) is 22.1 Å². The minimum atomic E-state index is 0.755. The number of rotatable bonds is 5. The van der Waals surface area contributed by atoms with Crippen LogP contribution in [0.3, 0.4) is 0 Å². The van der Waals surface area contributed by atoms with E-state index < -0.39 is 0 Å². The second-order valence-electron chi connectivity index (χ2n) is 6.16. The Morgan fingerprint density at radius 1 is 1.17 bits per heavy atom.